The number of rotatable bonds is 6. The van der Waals surface area contributed by atoms with Gasteiger partial charge in [-0.15, -0.1) is 0 Å². The van der Waals surface area contributed by atoms with Crippen molar-refractivity contribution in [3.05, 3.63) is 0 Å². The molecule has 0 aromatic heterocycles. The first-order valence-electron chi connectivity index (χ1n) is 5.80. The fraction of sp³-hybridized carbons (Fsp3) is 0.909. The molecule has 4 nitrogen and oxygen atoms in total. The van der Waals surface area contributed by atoms with Gasteiger partial charge in [-0.3, -0.25) is 4.79 Å². The normalized spacial score (nSPS) is 20.5. The van der Waals surface area contributed by atoms with Crippen LogP contribution in [0.5, 0.6) is 0 Å². The predicted molar refractivity (Wildman–Crippen MR) is 59.3 cm³/mol. The minimum absolute atomic E-state index is 0.0801. The maximum Gasteiger partial charge on any atom is 0.227 e. The van der Waals surface area contributed by atoms with E-state index in [0.717, 1.165) is 25.7 Å². The summed E-state index contributed by atoms with van der Waals surface area (Å²) in [4.78, 5) is 11.9. The number of carbonyl (C=O) groups excluding carboxylic acids is 1. The summed E-state index contributed by atoms with van der Waals surface area (Å²) in [5.74, 6) is 0.0801. The van der Waals surface area contributed by atoms with Crippen LogP contribution in [0.3, 0.4) is 0 Å². The molecule has 0 heterocycles. The van der Waals surface area contributed by atoms with Crippen molar-refractivity contribution in [3.63, 3.8) is 0 Å². The second-order valence-corrected chi connectivity index (χ2v) is 4.43. The summed E-state index contributed by atoms with van der Waals surface area (Å²) in [6.45, 7) is 2.57. The molecule has 88 valence electrons. The van der Waals surface area contributed by atoms with E-state index in [1.54, 1.807) is 0 Å². The SMILES string of the molecule is CCC(CCO)NC(=O)C1(CN)CCC1. The molecule has 0 radical (unpaired) electrons. The summed E-state index contributed by atoms with van der Waals surface area (Å²) >= 11 is 0. The highest BCUT2D eigenvalue weighted by Crippen LogP contribution is 2.40. The molecule has 1 amide bonds. The first kappa shape index (κ1) is 12.5. The monoisotopic (exact) mass is 214 g/mol. The van der Waals surface area contributed by atoms with Gasteiger partial charge in [-0.1, -0.05) is 13.3 Å². The first-order chi connectivity index (χ1) is 7.18. The van der Waals surface area contributed by atoms with Crippen molar-refractivity contribution in [1.82, 2.24) is 5.32 Å². The molecular formula is C11H22N2O2. The zero-order chi connectivity index (χ0) is 11.3. The van der Waals surface area contributed by atoms with Gasteiger partial charge >= 0.3 is 0 Å². The maximum atomic E-state index is 11.9. The van der Waals surface area contributed by atoms with Crippen LogP contribution in [0.2, 0.25) is 0 Å². The van der Waals surface area contributed by atoms with Crippen LogP contribution in [0.25, 0.3) is 0 Å². The number of carbonyl (C=O) groups is 1. The summed E-state index contributed by atoms with van der Waals surface area (Å²) in [5.41, 5.74) is 5.35. The number of hydrogen-bond acceptors (Lipinski definition) is 3. The van der Waals surface area contributed by atoms with Crippen molar-refractivity contribution >= 4 is 5.91 Å². The first-order valence-corrected chi connectivity index (χ1v) is 5.80. The molecular weight excluding hydrogens is 192 g/mol. The Morgan fingerprint density at radius 3 is 2.60 bits per heavy atom. The molecule has 1 unspecified atom stereocenters. The molecule has 0 bridgehead atoms. The van der Waals surface area contributed by atoms with Gasteiger partial charge in [-0.25, -0.2) is 0 Å². The van der Waals surface area contributed by atoms with Crippen molar-refractivity contribution in [3.8, 4) is 0 Å². The lowest BCUT2D eigenvalue weighted by Crippen LogP contribution is -2.52. The quantitative estimate of drug-likeness (QED) is 0.599. The van der Waals surface area contributed by atoms with E-state index in [9.17, 15) is 4.79 Å². The molecule has 1 aliphatic carbocycles. The molecule has 1 saturated carbocycles. The molecule has 0 aliphatic heterocycles. The highest BCUT2D eigenvalue weighted by molar-refractivity contribution is 5.84. The van der Waals surface area contributed by atoms with E-state index in [-0.39, 0.29) is 24.0 Å². The predicted octanol–water partition coefficient (Wildman–Crippen LogP) is 0.393. The van der Waals surface area contributed by atoms with Crippen molar-refractivity contribution in [2.24, 2.45) is 11.1 Å². The van der Waals surface area contributed by atoms with Crippen LogP contribution in [0.4, 0.5) is 0 Å². The summed E-state index contributed by atoms with van der Waals surface area (Å²) < 4.78 is 0. The smallest absolute Gasteiger partial charge is 0.227 e. The molecule has 4 heteroatoms. The number of hydrogen-bond donors (Lipinski definition) is 3. The van der Waals surface area contributed by atoms with Crippen molar-refractivity contribution in [2.45, 2.75) is 45.1 Å². The number of nitrogens with one attached hydrogen (secondary N) is 1. The van der Waals surface area contributed by atoms with Gasteiger partial charge in [0.1, 0.15) is 0 Å². The molecule has 1 atom stereocenters. The van der Waals surface area contributed by atoms with Gasteiger partial charge in [0, 0.05) is 19.2 Å². The summed E-state index contributed by atoms with van der Waals surface area (Å²) in [6, 6.07) is 0.0894. The fourth-order valence-electron chi connectivity index (χ4n) is 2.00. The molecule has 1 fully saturated rings. The molecule has 0 aromatic rings. The minimum Gasteiger partial charge on any atom is -0.396 e. The Bertz CT molecular complexity index is 209. The van der Waals surface area contributed by atoms with Gasteiger partial charge in [0.2, 0.25) is 5.91 Å². The average molecular weight is 214 g/mol. The number of nitrogens with two attached hydrogens (primary N) is 1. The zero-order valence-corrected chi connectivity index (χ0v) is 9.46. The Kier molecular flexibility index (Phi) is 4.54. The van der Waals surface area contributed by atoms with Gasteiger partial charge in [0.25, 0.3) is 0 Å². The molecule has 1 rings (SSSR count). The number of aliphatic hydroxyl groups excluding tert-OH is 1. The molecule has 4 N–H and O–H groups in total. The fourth-order valence-corrected chi connectivity index (χ4v) is 2.00. The lowest BCUT2D eigenvalue weighted by molar-refractivity contribution is -0.136. The third kappa shape index (κ3) is 2.69. The van der Waals surface area contributed by atoms with Crippen LogP contribution in [0, 0.1) is 5.41 Å². The summed E-state index contributed by atoms with van der Waals surface area (Å²) in [6.07, 6.45) is 4.40. The van der Waals surface area contributed by atoms with Gasteiger partial charge in [-0.2, -0.15) is 0 Å². The maximum absolute atomic E-state index is 11.9. The third-order valence-corrected chi connectivity index (χ3v) is 3.49. The Labute approximate surface area is 91.2 Å². The van der Waals surface area contributed by atoms with E-state index < -0.39 is 0 Å². The van der Waals surface area contributed by atoms with E-state index in [2.05, 4.69) is 5.32 Å². The number of amides is 1. The number of aliphatic hydroxyl groups is 1. The summed E-state index contributed by atoms with van der Waals surface area (Å²) in [5, 5.41) is 11.8. The zero-order valence-electron chi connectivity index (χ0n) is 9.46. The van der Waals surface area contributed by atoms with E-state index in [1.807, 2.05) is 6.92 Å². The van der Waals surface area contributed by atoms with Crippen LogP contribution in [-0.2, 0) is 4.79 Å². The second kappa shape index (κ2) is 5.47. The van der Waals surface area contributed by atoms with Gasteiger partial charge in [-0.05, 0) is 25.7 Å². The standard InChI is InChI=1S/C11H22N2O2/c1-2-9(4-7-14)13-10(15)11(8-12)5-3-6-11/h9,14H,2-8,12H2,1H3,(H,13,15). The molecule has 0 spiro atoms. The third-order valence-electron chi connectivity index (χ3n) is 3.49. The topological polar surface area (TPSA) is 75.3 Å². The second-order valence-electron chi connectivity index (χ2n) is 4.43. The summed E-state index contributed by atoms with van der Waals surface area (Å²) in [7, 11) is 0. The van der Waals surface area contributed by atoms with Gasteiger partial charge in [0.05, 0.1) is 5.41 Å². The van der Waals surface area contributed by atoms with Crippen LogP contribution in [0.15, 0.2) is 0 Å². The van der Waals surface area contributed by atoms with Crippen LogP contribution in [-0.4, -0.2) is 30.2 Å². The van der Waals surface area contributed by atoms with E-state index in [0.29, 0.717) is 13.0 Å². The van der Waals surface area contributed by atoms with E-state index in [1.165, 1.54) is 0 Å². The highest BCUT2D eigenvalue weighted by atomic mass is 16.3. The van der Waals surface area contributed by atoms with Crippen molar-refractivity contribution in [2.75, 3.05) is 13.2 Å². The van der Waals surface area contributed by atoms with Crippen LogP contribution < -0.4 is 11.1 Å². The highest BCUT2D eigenvalue weighted by Gasteiger charge is 2.43. The largest absolute Gasteiger partial charge is 0.396 e. The Balaban J connectivity index is 2.45. The average Bonchev–Trinajstić information content (AvgIpc) is 2.16. The van der Waals surface area contributed by atoms with Crippen LogP contribution >= 0.6 is 0 Å². The molecule has 0 saturated heterocycles. The van der Waals surface area contributed by atoms with Crippen molar-refractivity contribution < 1.29 is 9.90 Å². The molecule has 0 aromatic carbocycles. The minimum atomic E-state index is -0.303. The van der Waals surface area contributed by atoms with Gasteiger partial charge in [0.15, 0.2) is 0 Å². The van der Waals surface area contributed by atoms with Crippen LogP contribution in [0.1, 0.15) is 39.0 Å². The van der Waals surface area contributed by atoms with Gasteiger partial charge < -0.3 is 16.2 Å². The Morgan fingerprint density at radius 1 is 1.60 bits per heavy atom. The Morgan fingerprint density at radius 2 is 2.27 bits per heavy atom. The lowest BCUT2D eigenvalue weighted by atomic mass is 9.68. The van der Waals surface area contributed by atoms with Crippen molar-refractivity contribution in [1.29, 1.82) is 0 Å². The van der Waals surface area contributed by atoms with E-state index >= 15 is 0 Å². The van der Waals surface area contributed by atoms with E-state index in [4.69, 9.17) is 10.8 Å². The lowest BCUT2D eigenvalue weighted by Gasteiger charge is -2.40. The molecule has 15 heavy (non-hydrogen) atoms. The Hall–Kier alpha value is -0.610. The molecule has 1 aliphatic rings.